The molecule has 1 aromatic heterocycles. The first kappa shape index (κ1) is 28.9. The maximum Gasteiger partial charge on any atom is 0.268 e. The Kier molecular flexibility index (Phi) is 8.22. The van der Waals surface area contributed by atoms with Crippen LogP contribution in [-0.2, 0) is 20.2 Å². The summed E-state index contributed by atoms with van der Waals surface area (Å²) >= 11 is 0. The first-order valence-corrected chi connectivity index (χ1v) is 15.4. The predicted octanol–water partition coefficient (Wildman–Crippen LogP) is 5.30. The second-order valence-corrected chi connectivity index (χ2v) is 13.3. The standard InChI is InChI=1S/C32H38N4O4S/c1-22-6-5-7-23(20-22)29-27-21-25(35-41(38,39)26-11-8-24(9-12-26)32(2,3)4)10-13-28(27)34-30(29)31(37)33-14-15-36-16-18-40-19-17-36/h5-13,20-21,34-35H,14-19H2,1-4H3,(H,33,37). The lowest BCUT2D eigenvalue weighted by Gasteiger charge is -2.26. The molecule has 0 spiro atoms. The van der Waals surface area contributed by atoms with Gasteiger partial charge in [0, 0.05) is 48.3 Å². The lowest BCUT2D eigenvalue weighted by Crippen LogP contribution is -2.41. The van der Waals surface area contributed by atoms with E-state index in [1.807, 2.05) is 43.3 Å². The van der Waals surface area contributed by atoms with E-state index in [4.69, 9.17) is 4.74 Å². The number of H-pyrrole nitrogens is 1. The lowest BCUT2D eigenvalue weighted by atomic mass is 9.87. The number of aromatic nitrogens is 1. The van der Waals surface area contributed by atoms with Crippen LogP contribution in [0.4, 0.5) is 5.69 Å². The van der Waals surface area contributed by atoms with Crippen molar-refractivity contribution in [2.75, 3.05) is 44.1 Å². The van der Waals surface area contributed by atoms with Crippen LogP contribution in [0.1, 0.15) is 42.4 Å². The highest BCUT2D eigenvalue weighted by molar-refractivity contribution is 7.92. The third-order valence-corrected chi connectivity index (χ3v) is 8.83. The zero-order chi connectivity index (χ0) is 29.2. The van der Waals surface area contributed by atoms with Gasteiger partial charge in [0.15, 0.2) is 0 Å². The number of amides is 1. The molecule has 8 nitrogen and oxygen atoms in total. The number of ether oxygens (including phenoxy) is 1. The number of hydrogen-bond donors (Lipinski definition) is 3. The van der Waals surface area contributed by atoms with Gasteiger partial charge in [0.25, 0.3) is 15.9 Å². The van der Waals surface area contributed by atoms with Gasteiger partial charge in [0.05, 0.1) is 18.1 Å². The van der Waals surface area contributed by atoms with Gasteiger partial charge in [-0.2, -0.15) is 0 Å². The highest BCUT2D eigenvalue weighted by Gasteiger charge is 2.22. The minimum Gasteiger partial charge on any atom is -0.379 e. The molecule has 1 amide bonds. The van der Waals surface area contributed by atoms with Crippen LogP contribution in [-0.4, -0.2) is 63.6 Å². The Labute approximate surface area is 242 Å². The molecule has 0 saturated carbocycles. The van der Waals surface area contributed by atoms with Crippen molar-refractivity contribution >= 4 is 32.5 Å². The Balaban J connectivity index is 1.45. The molecule has 0 radical (unpaired) electrons. The Morgan fingerprint density at radius 2 is 1.73 bits per heavy atom. The number of nitrogens with one attached hydrogen (secondary N) is 3. The number of fused-ring (bicyclic) bond motifs is 1. The average molecular weight is 575 g/mol. The van der Waals surface area contributed by atoms with Crippen molar-refractivity contribution in [1.82, 2.24) is 15.2 Å². The molecule has 0 atom stereocenters. The maximum absolute atomic E-state index is 13.4. The van der Waals surface area contributed by atoms with E-state index in [-0.39, 0.29) is 16.2 Å². The van der Waals surface area contributed by atoms with Crippen LogP contribution in [0, 0.1) is 6.92 Å². The largest absolute Gasteiger partial charge is 0.379 e. The van der Waals surface area contributed by atoms with Crippen LogP contribution >= 0.6 is 0 Å². The molecule has 1 fully saturated rings. The predicted molar refractivity (Wildman–Crippen MR) is 164 cm³/mol. The molecule has 0 bridgehead atoms. The number of aromatic amines is 1. The Bertz CT molecular complexity index is 1650. The van der Waals surface area contributed by atoms with Crippen molar-refractivity contribution in [1.29, 1.82) is 0 Å². The fourth-order valence-electron chi connectivity index (χ4n) is 5.11. The maximum atomic E-state index is 13.4. The van der Waals surface area contributed by atoms with Gasteiger partial charge in [0.2, 0.25) is 0 Å². The van der Waals surface area contributed by atoms with Crippen molar-refractivity contribution < 1.29 is 17.9 Å². The van der Waals surface area contributed by atoms with Gasteiger partial charge >= 0.3 is 0 Å². The summed E-state index contributed by atoms with van der Waals surface area (Å²) in [7, 11) is -3.81. The summed E-state index contributed by atoms with van der Waals surface area (Å²) in [5, 5.41) is 3.82. The summed E-state index contributed by atoms with van der Waals surface area (Å²) < 4.78 is 34.7. The van der Waals surface area contributed by atoms with E-state index >= 15 is 0 Å². The normalized spacial score (nSPS) is 14.7. The van der Waals surface area contributed by atoms with Gasteiger partial charge in [-0.15, -0.1) is 0 Å². The SMILES string of the molecule is Cc1cccc(-c2c(C(=O)NCCN3CCOCC3)[nH]c3ccc(NS(=O)(=O)c4ccc(C(C)(C)C)cc4)cc23)c1. The molecule has 1 saturated heterocycles. The van der Waals surface area contributed by atoms with Crippen molar-refractivity contribution in [3.8, 4) is 11.1 Å². The van der Waals surface area contributed by atoms with E-state index < -0.39 is 10.0 Å². The molecule has 5 rings (SSSR count). The van der Waals surface area contributed by atoms with Gasteiger partial charge in [-0.25, -0.2) is 8.42 Å². The first-order valence-electron chi connectivity index (χ1n) is 14.0. The third-order valence-electron chi connectivity index (χ3n) is 7.43. The number of carbonyl (C=O) groups is 1. The molecular weight excluding hydrogens is 536 g/mol. The second kappa shape index (κ2) is 11.7. The van der Waals surface area contributed by atoms with Crippen molar-refractivity contribution in [3.63, 3.8) is 0 Å². The second-order valence-electron chi connectivity index (χ2n) is 11.6. The number of sulfonamides is 1. The zero-order valence-corrected chi connectivity index (χ0v) is 24.9. The van der Waals surface area contributed by atoms with Crippen LogP contribution in [0.25, 0.3) is 22.0 Å². The Morgan fingerprint density at radius 3 is 2.41 bits per heavy atom. The summed E-state index contributed by atoms with van der Waals surface area (Å²) in [6.07, 6.45) is 0. The third kappa shape index (κ3) is 6.64. The molecule has 3 N–H and O–H groups in total. The first-order chi connectivity index (χ1) is 19.5. The van der Waals surface area contributed by atoms with Crippen LogP contribution in [0.2, 0.25) is 0 Å². The van der Waals surface area contributed by atoms with E-state index in [0.717, 1.165) is 52.8 Å². The quantitative estimate of drug-likeness (QED) is 0.265. The topological polar surface area (TPSA) is 104 Å². The van der Waals surface area contributed by atoms with Crippen LogP contribution in [0.3, 0.4) is 0 Å². The van der Waals surface area contributed by atoms with E-state index in [1.54, 1.807) is 30.3 Å². The summed E-state index contributed by atoms with van der Waals surface area (Å²) in [4.78, 5) is 19.2. The molecule has 2 heterocycles. The Morgan fingerprint density at radius 1 is 1.00 bits per heavy atom. The highest BCUT2D eigenvalue weighted by atomic mass is 32.2. The smallest absolute Gasteiger partial charge is 0.268 e. The van der Waals surface area contributed by atoms with E-state index in [1.165, 1.54) is 0 Å². The summed E-state index contributed by atoms with van der Waals surface area (Å²) in [6, 6.07) is 20.2. The fraction of sp³-hybridized carbons (Fsp3) is 0.344. The molecule has 9 heteroatoms. The monoisotopic (exact) mass is 574 g/mol. The number of aryl methyl sites for hydroxylation is 1. The number of carbonyl (C=O) groups excluding carboxylic acids is 1. The molecule has 0 unspecified atom stereocenters. The molecule has 3 aromatic carbocycles. The summed E-state index contributed by atoms with van der Waals surface area (Å²) in [6.45, 7) is 12.7. The number of hydrogen-bond acceptors (Lipinski definition) is 5. The number of anilines is 1. The molecule has 4 aromatic rings. The average Bonchev–Trinajstić information content (AvgIpc) is 3.32. The summed E-state index contributed by atoms with van der Waals surface area (Å²) in [5.74, 6) is -0.202. The number of nitrogens with zero attached hydrogens (tertiary/aromatic N) is 1. The van der Waals surface area contributed by atoms with Gasteiger partial charge in [0.1, 0.15) is 5.69 Å². The van der Waals surface area contributed by atoms with Crippen LogP contribution in [0.15, 0.2) is 71.6 Å². The number of morpholine rings is 1. The van der Waals surface area contributed by atoms with Gasteiger partial charge < -0.3 is 15.0 Å². The van der Waals surface area contributed by atoms with Crippen LogP contribution < -0.4 is 10.0 Å². The summed E-state index contributed by atoms with van der Waals surface area (Å²) in [5.41, 5.74) is 5.28. The molecule has 1 aliphatic rings. The number of rotatable bonds is 8. The van der Waals surface area contributed by atoms with Crippen molar-refractivity contribution in [2.24, 2.45) is 0 Å². The van der Waals surface area contributed by atoms with Crippen molar-refractivity contribution in [2.45, 2.75) is 38.0 Å². The van der Waals surface area contributed by atoms with Crippen LogP contribution in [0.5, 0.6) is 0 Å². The molecule has 1 aliphatic heterocycles. The minimum absolute atomic E-state index is 0.0757. The van der Waals surface area contributed by atoms with E-state index in [0.29, 0.717) is 31.1 Å². The zero-order valence-electron chi connectivity index (χ0n) is 24.1. The number of benzene rings is 3. The molecule has 41 heavy (non-hydrogen) atoms. The lowest BCUT2D eigenvalue weighted by molar-refractivity contribution is 0.0383. The molecule has 216 valence electrons. The Hall–Kier alpha value is -3.66. The van der Waals surface area contributed by atoms with Gasteiger partial charge in [-0.1, -0.05) is 62.7 Å². The van der Waals surface area contributed by atoms with E-state index in [9.17, 15) is 13.2 Å². The fourth-order valence-corrected chi connectivity index (χ4v) is 6.16. The minimum atomic E-state index is -3.81. The van der Waals surface area contributed by atoms with E-state index in [2.05, 4.69) is 40.7 Å². The molecular formula is C32H38N4O4S. The molecule has 0 aliphatic carbocycles. The van der Waals surface area contributed by atoms with Gasteiger partial charge in [-0.05, 0) is 53.8 Å². The van der Waals surface area contributed by atoms with Gasteiger partial charge in [-0.3, -0.25) is 14.4 Å². The highest BCUT2D eigenvalue weighted by Crippen LogP contribution is 2.35. The van der Waals surface area contributed by atoms with Crippen molar-refractivity contribution in [3.05, 3.63) is 83.6 Å².